The van der Waals surface area contributed by atoms with Gasteiger partial charge in [0.1, 0.15) is 5.76 Å². The van der Waals surface area contributed by atoms with Crippen molar-refractivity contribution in [1.29, 1.82) is 0 Å². The van der Waals surface area contributed by atoms with E-state index in [1.165, 1.54) is 16.3 Å². The van der Waals surface area contributed by atoms with Gasteiger partial charge in [-0.15, -0.1) is 0 Å². The summed E-state index contributed by atoms with van der Waals surface area (Å²) in [5.41, 5.74) is 1.33. The van der Waals surface area contributed by atoms with Crippen LogP contribution < -0.4 is 5.32 Å². The first-order chi connectivity index (χ1) is 11.2. The SMILES string of the molecule is CC(NCC(c1ccco1)N(C)C)c1cccc2ccccc12. The van der Waals surface area contributed by atoms with E-state index in [2.05, 4.69) is 73.7 Å². The van der Waals surface area contributed by atoms with E-state index in [0.29, 0.717) is 0 Å². The van der Waals surface area contributed by atoms with Crippen LogP contribution in [0.4, 0.5) is 0 Å². The summed E-state index contributed by atoms with van der Waals surface area (Å²) in [5.74, 6) is 0.993. The minimum atomic E-state index is 0.224. The maximum absolute atomic E-state index is 5.58. The zero-order chi connectivity index (χ0) is 16.2. The Kier molecular flexibility index (Phi) is 4.79. The number of nitrogens with zero attached hydrogens (tertiary/aromatic N) is 1. The van der Waals surface area contributed by atoms with Gasteiger partial charge in [-0.25, -0.2) is 0 Å². The van der Waals surface area contributed by atoms with Crippen LogP contribution in [-0.4, -0.2) is 25.5 Å². The van der Waals surface area contributed by atoms with Crippen molar-refractivity contribution in [3.05, 3.63) is 72.2 Å². The summed E-state index contributed by atoms with van der Waals surface area (Å²) >= 11 is 0. The molecule has 3 aromatic rings. The van der Waals surface area contributed by atoms with Crippen molar-refractivity contribution in [2.24, 2.45) is 0 Å². The zero-order valence-electron chi connectivity index (χ0n) is 14.0. The Labute approximate surface area is 137 Å². The fourth-order valence-electron chi connectivity index (χ4n) is 3.04. The molecule has 2 unspecified atom stereocenters. The highest BCUT2D eigenvalue weighted by molar-refractivity contribution is 5.86. The van der Waals surface area contributed by atoms with Crippen LogP contribution in [0.1, 0.15) is 30.3 Å². The van der Waals surface area contributed by atoms with E-state index in [-0.39, 0.29) is 12.1 Å². The van der Waals surface area contributed by atoms with Gasteiger partial charge < -0.3 is 9.73 Å². The van der Waals surface area contributed by atoms with Gasteiger partial charge in [0.2, 0.25) is 0 Å². The van der Waals surface area contributed by atoms with Crippen LogP contribution in [0.25, 0.3) is 10.8 Å². The van der Waals surface area contributed by atoms with Crippen molar-refractivity contribution in [3.8, 4) is 0 Å². The molecule has 3 nitrogen and oxygen atoms in total. The lowest BCUT2D eigenvalue weighted by Crippen LogP contribution is -2.32. The molecule has 2 atom stereocenters. The summed E-state index contributed by atoms with van der Waals surface area (Å²) in [6, 6.07) is 19.5. The maximum atomic E-state index is 5.58. The lowest BCUT2D eigenvalue weighted by atomic mass is 9.99. The zero-order valence-corrected chi connectivity index (χ0v) is 14.0. The maximum Gasteiger partial charge on any atom is 0.122 e. The number of furan rings is 1. The van der Waals surface area contributed by atoms with Gasteiger partial charge >= 0.3 is 0 Å². The van der Waals surface area contributed by atoms with Gasteiger partial charge in [-0.05, 0) is 49.5 Å². The van der Waals surface area contributed by atoms with Crippen LogP contribution in [0.2, 0.25) is 0 Å². The highest BCUT2D eigenvalue weighted by Crippen LogP contribution is 2.25. The lowest BCUT2D eigenvalue weighted by molar-refractivity contribution is 0.245. The van der Waals surface area contributed by atoms with Crippen molar-refractivity contribution in [1.82, 2.24) is 10.2 Å². The van der Waals surface area contributed by atoms with Gasteiger partial charge in [0, 0.05) is 12.6 Å². The Bertz CT molecular complexity index is 744. The topological polar surface area (TPSA) is 28.4 Å². The van der Waals surface area contributed by atoms with Gasteiger partial charge in [-0.1, -0.05) is 42.5 Å². The van der Waals surface area contributed by atoms with Crippen LogP contribution in [0, 0.1) is 0 Å². The first-order valence-corrected chi connectivity index (χ1v) is 8.07. The molecule has 0 radical (unpaired) electrons. The standard InChI is InChI=1S/C20H24N2O/c1-15(17-11-6-9-16-8-4-5-10-18(16)17)21-14-19(22(2)3)20-12-7-13-23-20/h4-13,15,19,21H,14H2,1-3H3. The number of hydrogen-bond acceptors (Lipinski definition) is 3. The van der Waals surface area contributed by atoms with Crippen molar-refractivity contribution >= 4 is 10.8 Å². The molecule has 120 valence electrons. The molecule has 0 aliphatic heterocycles. The predicted octanol–water partition coefficient (Wildman–Crippen LogP) is 4.39. The summed E-state index contributed by atoms with van der Waals surface area (Å²) in [6.07, 6.45) is 1.74. The van der Waals surface area contributed by atoms with Gasteiger partial charge in [0.05, 0.1) is 12.3 Å². The quantitative estimate of drug-likeness (QED) is 0.732. The van der Waals surface area contributed by atoms with E-state index in [1.807, 2.05) is 12.1 Å². The predicted molar refractivity (Wildman–Crippen MR) is 95.5 cm³/mol. The molecule has 0 aliphatic carbocycles. The van der Waals surface area contributed by atoms with Crippen molar-refractivity contribution in [2.45, 2.75) is 19.0 Å². The second kappa shape index (κ2) is 6.99. The molecule has 3 rings (SSSR count). The normalized spacial score (nSPS) is 14.3. The summed E-state index contributed by atoms with van der Waals surface area (Å²) in [7, 11) is 4.16. The summed E-state index contributed by atoms with van der Waals surface area (Å²) in [4.78, 5) is 2.18. The molecule has 1 N–H and O–H groups in total. The van der Waals surface area contributed by atoms with E-state index in [0.717, 1.165) is 12.3 Å². The molecule has 0 fully saturated rings. The number of rotatable bonds is 6. The van der Waals surface area contributed by atoms with Crippen molar-refractivity contribution in [2.75, 3.05) is 20.6 Å². The first kappa shape index (κ1) is 15.8. The molecule has 0 bridgehead atoms. The molecular formula is C20H24N2O. The van der Waals surface area contributed by atoms with E-state index in [9.17, 15) is 0 Å². The van der Waals surface area contributed by atoms with E-state index < -0.39 is 0 Å². The molecule has 0 aliphatic rings. The Balaban J connectivity index is 1.77. The summed E-state index contributed by atoms with van der Waals surface area (Å²) in [6.45, 7) is 3.06. The fraction of sp³-hybridized carbons (Fsp3) is 0.300. The minimum absolute atomic E-state index is 0.224. The minimum Gasteiger partial charge on any atom is -0.468 e. The van der Waals surface area contributed by atoms with Gasteiger partial charge in [-0.2, -0.15) is 0 Å². The number of fused-ring (bicyclic) bond motifs is 1. The van der Waals surface area contributed by atoms with Gasteiger partial charge in [-0.3, -0.25) is 4.90 Å². The average molecular weight is 308 g/mol. The van der Waals surface area contributed by atoms with Crippen LogP contribution in [-0.2, 0) is 0 Å². The Morgan fingerprint density at radius 3 is 2.52 bits per heavy atom. The molecule has 0 spiro atoms. The number of hydrogen-bond donors (Lipinski definition) is 1. The second-order valence-electron chi connectivity index (χ2n) is 6.19. The highest BCUT2D eigenvalue weighted by Gasteiger charge is 2.18. The Morgan fingerprint density at radius 1 is 1.00 bits per heavy atom. The molecule has 0 saturated carbocycles. The van der Waals surface area contributed by atoms with E-state index in [1.54, 1.807) is 6.26 Å². The molecular weight excluding hydrogens is 284 g/mol. The smallest absolute Gasteiger partial charge is 0.122 e. The van der Waals surface area contributed by atoms with Crippen LogP contribution in [0.15, 0.2) is 65.3 Å². The van der Waals surface area contributed by atoms with Crippen LogP contribution >= 0.6 is 0 Å². The van der Waals surface area contributed by atoms with Gasteiger partial charge in [0.15, 0.2) is 0 Å². The molecule has 2 aromatic carbocycles. The lowest BCUT2D eigenvalue weighted by Gasteiger charge is -2.25. The second-order valence-corrected chi connectivity index (χ2v) is 6.19. The largest absolute Gasteiger partial charge is 0.468 e. The summed E-state index contributed by atoms with van der Waals surface area (Å²) < 4.78 is 5.58. The molecule has 23 heavy (non-hydrogen) atoms. The third kappa shape index (κ3) is 3.46. The Hall–Kier alpha value is -2.10. The van der Waals surface area contributed by atoms with Gasteiger partial charge in [0.25, 0.3) is 0 Å². The van der Waals surface area contributed by atoms with E-state index in [4.69, 9.17) is 4.42 Å². The number of benzene rings is 2. The third-order valence-corrected chi connectivity index (χ3v) is 4.40. The highest BCUT2D eigenvalue weighted by atomic mass is 16.3. The fourth-order valence-corrected chi connectivity index (χ4v) is 3.04. The van der Waals surface area contributed by atoms with Crippen molar-refractivity contribution in [3.63, 3.8) is 0 Å². The Morgan fingerprint density at radius 2 is 1.78 bits per heavy atom. The third-order valence-electron chi connectivity index (χ3n) is 4.40. The number of likely N-dealkylation sites (N-methyl/N-ethyl adjacent to an activating group) is 1. The molecule has 1 aromatic heterocycles. The average Bonchev–Trinajstić information content (AvgIpc) is 3.08. The first-order valence-electron chi connectivity index (χ1n) is 8.07. The summed E-state index contributed by atoms with van der Waals surface area (Å²) in [5, 5.41) is 6.26. The molecule has 0 amide bonds. The van der Waals surface area contributed by atoms with Crippen molar-refractivity contribution < 1.29 is 4.42 Å². The molecule has 0 saturated heterocycles. The molecule has 3 heteroatoms. The number of nitrogens with one attached hydrogen (secondary N) is 1. The van der Waals surface area contributed by atoms with Crippen LogP contribution in [0.5, 0.6) is 0 Å². The van der Waals surface area contributed by atoms with Crippen LogP contribution in [0.3, 0.4) is 0 Å². The molecule has 1 heterocycles. The monoisotopic (exact) mass is 308 g/mol. The van der Waals surface area contributed by atoms with E-state index >= 15 is 0 Å².